The van der Waals surface area contributed by atoms with Gasteiger partial charge in [-0.25, -0.2) is 0 Å². The molecule has 2 heterocycles. The van der Waals surface area contributed by atoms with Gasteiger partial charge in [-0.2, -0.15) is 26.0 Å². The van der Waals surface area contributed by atoms with Crippen LogP contribution >= 0.6 is 11.3 Å². The second-order valence-electron chi connectivity index (χ2n) is 3.33. The average molecular weight is 269 g/mol. The van der Waals surface area contributed by atoms with Gasteiger partial charge in [0, 0.05) is 15.3 Å². The Bertz CT molecular complexity index is 596. The fraction of sp³-hybridized carbons (Fsp3) is 0.375. The van der Waals surface area contributed by atoms with Crippen molar-refractivity contribution in [3.8, 4) is 0 Å². The van der Waals surface area contributed by atoms with Crippen LogP contribution in [0, 0.1) is 13.8 Å². The molecule has 0 amide bonds. The van der Waals surface area contributed by atoms with E-state index >= 15 is 0 Å². The smallest absolute Gasteiger partial charge is 0.199 e. The van der Waals surface area contributed by atoms with E-state index in [1.54, 1.807) is 0 Å². The summed E-state index contributed by atoms with van der Waals surface area (Å²) in [6, 6.07) is 0. The molecule has 0 N–H and O–H groups in total. The molecular formula is C8H6F3NO2S2. The molecule has 0 atom stereocenters. The minimum atomic E-state index is -4.74. The fourth-order valence-corrected chi connectivity index (χ4v) is 4.51. The van der Waals surface area contributed by atoms with Gasteiger partial charge in [0.15, 0.2) is 5.71 Å². The van der Waals surface area contributed by atoms with Crippen LogP contribution in [0.5, 0.6) is 0 Å². The molecule has 0 fully saturated rings. The van der Waals surface area contributed by atoms with Gasteiger partial charge in [-0.3, -0.25) is 0 Å². The molecule has 0 radical (unpaired) electrons. The summed E-state index contributed by atoms with van der Waals surface area (Å²) in [6.45, 7) is 2.93. The average Bonchev–Trinajstić information content (AvgIpc) is 2.50. The Morgan fingerprint density at radius 1 is 1.19 bits per heavy atom. The Kier molecular flexibility index (Phi) is 2.22. The van der Waals surface area contributed by atoms with Crippen LogP contribution in [0.3, 0.4) is 0 Å². The van der Waals surface area contributed by atoms with E-state index in [0.29, 0.717) is 9.75 Å². The topological polar surface area (TPSA) is 46.5 Å². The van der Waals surface area contributed by atoms with Gasteiger partial charge in [-0.15, -0.1) is 11.3 Å². The lowest BCUT2D eigenvalue weighted by Gasteiger charge is -2.04. The molecular weight excluding hydrogens is 263 g/mol. The molecule has 1 aromatic rings. The zero-order valence-electron chi connectivity index (χ0n) is 8.21. The number of halogens is 3. The van der Waals surface area contributed by atoms with Gasteiger partial charge < -0.3 is 0 Å². The van der Waals surface area contributed by atoms with Crippen molar-refractivity contribution in [2.45, 2.75) is 24.9 Å². The van der Waals surface area contributed by atoms with E-state index in [1.807, 2.05) is 0 Å². The maximum atomic E-state index is 12.6. The summed E-state index contributed by atoms with van der Waals surface area (Å²) in [7, 11) is -4.17. The summed E-state index contributed by atoms with van der Waals surface area (Å²) in [6.07, 6.45) is -4.74. The van der Waals surface area contributed by atoms with Crippen LogP contribution in [0.4, 0.5) is 13.2 Å². The van der Waals surface area contributed by atoms with Crippen molar-refractivity contribution in [2.75, 3.05) is 0 Å². The lowest BCUT2D eigenvalue weighted by atomic mass is 10.1. The molecule has 1 aliphatic heterocycles. The lowest BCUT2D eigenvalue weighted by molar-refractivity contribution is -0.0578. The van der Waals surface area contributed by atoms with Crippen LogP contribution in [0.2, 0.25) is 0 Å². The number of thiophene rings is 1. The van der Waals surface area contributed by atoms with Gasteiger partial charge in [0.1, 0.15) is 4.90 Å². The summed E-state index contributed by atoms with van der Waals surface area (Å²) in [5.41, 5.74) is -1.58. The van der Waals surface area contributed by atoms with Crippen molar-refractivity contribution in [3.63, 3.8) is 0 Å². The number of nitrogens with zero attached hydrogens (tertiary/aromatic N) is 1. The number of aryl methyl sites for hydroxylation is 2. The SMILES string of the molecule is Cc1sc(C)c2c1C(C(F)(F)F)=NS2(=O)=O. The highest BCUT2D eigenvalue weighted by Crippen LogP contribution is 2.41. The standard InChI is InChI=1S/C8H6F3NO2S2/c1-3-5-6(4(2)15-3)16(13,14)12-7(5)8(9,10)11/h1-2H3. The highest BCUT2D eigenvalue weighted by Gasteiger charge is 2.47. The van der Waals surface area contributed by atoms with Crippen LogP contribution in [0.25, 0.3) is 0 Å². The minimum Gasteiger partial charge on any atom is -0.199 e. The molecule has 0 unspecified atom stereocenters. The van der Waals surface area contributed by atoms with Crippen LogP contribution < -0.4 is 0 Å². The van der Waals surface area contributed by atoms with Crippen molar-refractivity contribution in [1.82, 2.24) is 0 Å². The molecule has 1 aliphatic rings. The Morgan fingerprint density at radius 2 is 1.75 bits per heavy atom. The van der Waals surface area contributed by atoms with E-state index in [9.17, 15) is 21.6 Å². The first kappa shape index (κ1) is 11.6. The first-order valence-corrected chi connectivity index (χ1v) is 6.43. The zero-order chi connectivity index (χ0) is 12.3. The predicted molar refractivity (Wildman–Crippen MR) is 53.6 cm³/mol. The van der Waals surface area contributed by atoms with Crippen molar-refractivity contribution >= 4 is 27.1 Å². The monoisotopic (exact) mass is 269 g/mol. The van der Waals surface area contributed by atoms with Gasteiger partial charge in [0.2, 0.25) is 0 Å². The molecule has 0 saturated carbocycles. The molecule has 88 valence electrons. The molecule has 0 saturated heterocycles. The number of hydrogen-bond acceptors (Lipinski definition) is 3. The molecule has 0 aromatic carbocycles. The Labute approximate surface area is 93.7 Å². The molecule has 8 heteroatoms. The number of hydrogen-bond donors (Lipinski definition) is 0. The van der Waals surface area contributed by atoms with E-state index in [4.69, 9.17) is 0 Å². The van der Waals surface area contributed by atoms with Crippen molar-refractivity contribution < 1.29 is 21.6 Å². The molecule has 2 rings (SSSR count). The highest BCUT2D eigenvalue weighted by molar-refractivity contribution is 7.91. The highest BCUT2D eigenvalue weighted by atomic mass is 32.2. The first-order valence-electron chi connectivity index (χ1n) is 4.17. The summed E-state index contributed by atoms with van der Waals surface area (Å²) < 4.78 is 63.5. The third-order valence-corrected chi connectivity index (χ3v) is 4.78. The van der Waals surface area contributed by atoms with Crippen molar-refractivity contribution in [3.05, 3.63) is 15.3 Å². The van der Waals surface area contributed by atoms with Gasteiger partial charge in [-0.05, 0) is 13.8 Å². The Hall–Kier alpha value is -0.890. The summed E-state index contributed by atoms with van der Waals surface area (Å²) in [5.74, 6) is 0. The third-order valence-electron chi connectivity index (χ3n) is 2.18. The predicted octanol–water partition coefficient (Wildman–Crippen LogP) is 2.42. The quantitative estimate of drug-likeness (QED) is 0.726. The second kappa shape index (κ2) is 3.07. The summed E-state index contributed by atoms with van der Waals surface area (Å²) >= 11 is 1.03. The number of fused-ring (bicyclic) bond motifs is 1. The fourth-order valence-electron chi connectivity index (χ4n) is 1.65. The van der Waals surface area contributed by atoms with Crippen LogP contribution in [-0.4, -0.2) is 20.3 Å². The normalized spacial score (nSPS) is 18.4. The van der Waals surface area contributed by atoms with Crippen LogP contribution in [0.15, 0.2) is 9.29 Å². The lowest BCUT2D eigenvalue weighted by Crippen LogP contribution is -2.22. The van der Waals surface area contributed by atoms with Gasteiger partial charge in [-0.1, -0.05) is 0 Å². The minimum absolute atomic E-state index is 0.282. The second-order valence-corrected chi connectivity index (χ2v) is 6.30. The van der Waals surface area contributed by atoms with E-state index in [-0.39, 0.29) is 10.5 Å². The maximum absolute atomic E-state index is 12.6. The molecule has 0 aliphatic carbocycles. The zero-order valence-corrected chi connectivity index (χ0v) is 9.85. The van der Waals surface area contributed by atoms with Crippen molar-refractivity contribution in [1.29, 1.82) is 0 Å². The first-order chi connectivity index (χ1) is 7.14. The van der Waals surface area contributed by atoms with Gasteiger partial charge >= 0.3 is 6.18 Å². The molecule has 0 bridgehead atoms. The van der Waals surface area contributed by atoms with Crippen LogP contribution in [0.1, 0.15) is 15.3 Å². The number of rotatable bonds is 0. The number of sulfonamides is 1. The van der Waals surface area contributed by atoms with Crippen LogP contribution in [-0.2, 0) is 10.0 Å². The number of alkyl halides is 3. The summed E-state index contributed by atoms with van der Waals surface area (Å²) in [5, 5.41) is 0. The largest absolute Gasteiger partial charge is 0.434 e. The van der Waals surface area contributed by atoms with Gasteiger partial charge in [0.25, 0.3) is 10.0 Å². The van der Waals surface area contributed by atoms with E-state index in [1.165, 1.54) is 13.8 Å². The Morgan fingerprint density at radius 3 is 2.25 bits per heavy atom. The molecule has 1 aromatic heterocycles. The molecule has 16 heavy (non-hydrogen) atoms. The van der Waals surface area contributed by atoms with E-state index in [2.05, 4.69) is 4.40 Å². The van der Waals surface area contributed by atoms with Gasteiger partial charge in [0.05, 0.1) is 0 Å². The van der Waals surface area contributed by atoms with Crippen molar-refractivity contribution in [2.24, 2.45) is 4.40 Å². The Balaban J connectivity index is 2.84. The molecule has 0 spiro atoms. The van der Waals surface area contributed by atoms with E-state index in [0.717, 1.165) is 11.3 Å². The van der Waals surface area contributed by atoms with E-state index < -0.39 is 21.9 Å². The third kappa shape index (κ3) is 1.47. The maximum Gasteiger partial charge on any atom is 0.434 e. The summed E-state index contributed by atoms with van der Waals surface area (Å²) in [4.78, 5) is 0.377. The molecule has 3 nitrogen and oxygen atoms in total.